The molecule has 17 heavy (non-hydrogen) atoms. The van der Waals surface area contributed by atoms with Crippen molar-refractivity contribution >= 4 is 0 Å². The number of hydrogen-bond donors (Lipinski definition) is 1. The molecule has 0 saturated carbocycles. The second kappa shape index (κ2) is 6.05. The van der Waals surface area contributed by atoms with Gasteiger partial charge in [0.15, 0.2) is 0 Å². The van der Waals surface area contributed by atoms with Gasteiger partial charge in [0.05, 0.1) is 5.56 Å². The smallest absolute Gasteiger partial charge is 0.330 e. The van der Waals surface area contributed by atoms with Crippen LogP contribution in [-0.2, 0) is 6.18 Å². The SMILES string of the molecule is CCCC(CCN)c1ccc(C(F)(F)F)cc1. The van der Waals surface area contributed by atoms with E-state index in [1.165, 1.54) is 0 Å². The second-order valence-corrected chi connectivity index (χ2v) is 4.18. The van der Waals surface area contributed by atoms with E-state index in [1.807, 2.05) is 0 Å². The molecule has 0 saturated heterocycles. The van der Waals surface area contributed by atoms with Gasteiger partial charge in [0.2, 0.25) is 0 Å². The number of benzene rings is 1. The molecule has 4 heteroatoms. The molecule has 1 rings (SSSR count). The fraction of sp³-hybridized carbons (Fsp3) is 0.538. The molecular formula is C13H18F3N. The first-order chi connectivity index (χ1) is 7.99. The highest BCUT2D eigenvalue weighted by molar-refractivity contribution is 5.27. The zero-order valence-corrected chi connectivity index (χ0v) is 9.93. The van der Waals surface area contributed by atoms with E-state index in [0.717, 1.165) is 37.0 Å². The highest BCUT2D eigenvalue weighted by Gasteiger charge is 2.30. The van der Waals surface area contributed by atoms with Gasteiger partial charge in [-0.25, -0.2) is 0 Å². The quantitative estimate of drug-likeness (QED) is 0.835. The lowest BCUT2D eigenvalue weighted by molar-refractivity contribution is -0.137. The van der Waals surface area contributed by atoms with E-state index in [-0.39, 0.29) is 5.92 Å². The van der Waals surface area contributed by atoms with E-state index in [1.54, 1.807) is 12.1 Å². The van der Waals surface area contributed by atoms with E-state index in [4.69, 9.17) is 5.73 Å². The average Bonchev–Trinajstić information content (AvgIpc) is 2.28. The van der Waals surface area contributed by atoms with Gasteiger partial charge in [-0.05, 0) is 43.0 Å². The summed E-state index contributed by atoms with van der Waals surface area (Å²) in [6, 6.07) is 5.43. The average molecular weight is 245 g/mol. The highest BCUT2D eigenvalue weighted by Crippen LogP contribution is 2.31. The van der Waals surface area contributed by atoms with Crippen molar-refractivity contribution in [3.8, 4) is 0 Å². The van der Waals surface area contributed by atoms with E-state index in [9.17, 15) is 13.2 Å². The van der Waals surface area contributed by atoms with Crippen LogP contribution in [-0.4, -0.2) is 6.54 Å². The number of halogens is 3. The maximum absolute atomic E-state index is 12.4. The van der Waals surface area contributed by atoms with Crippen LogP contribution in [0, 0.1) is 0 Å². The summed E-state index contributed by atoms with van der Waals surface area (Å²) in [6.45, 7) is 2.62. The topological polar surface area (TPSA) is 26.0 Å². The first-order valence-corrected chi connectivity index (χ1v) is 5.86. The molecule has 2 N–H and O–H groups in total. The van der Waals surface area contributed by atoms with Crippen LogP contribution < -0.4 is 5.73 Å². The lowest BCUT2D eigenvalue weighted by Gasteiger charge is -2.16. The van der Waals surface area contributed by atoms with Crippen LogP contribution in [0.25, 0.3) is 0 Å². The summed E-state index contributed by atoms with van der Waals surface area (Å²) >= 11 is 0. The molecule has 0 amide bonds. The molecule has 0 radical (unpaired) electrons. The highest BCUT2D eigenvalue weighted by atomic mass is 19.4. The van der Waals surface area contributed by atoms with E-state index in [2.05, 4.69) is 6.92 Å². The largest absolute Gasteiger partial charge is 0.416 e. The lowest BCUT2D eigenvalue weighted by Crippen LogP contribution is -2.09. The van der Waals surface area contributed by atoms with Gasteiger partial charge in [-0.2, -0.15) is 13.2 Å². The van der Waals surface area contributed by atoms with Gasteiger partial charge in [0.1, 0.15) is 0 Å². The fourth-order valence-electron chi connectivity index (χ4n) is 1.97. The molecule has 1 aromatic rings. The van der Waals surface area contributed by atoms with Gasteiger partial charge < -0.3 is 5.73 Å². The van der Waals surface area contributed by atoms with E-state index in [0.29, 0.717) is 6.54 Å². The summed E-state index contributed by atoms with van der Waals surface area (Å²) in [5.41, 5.74) is 5.87. The maximum Gasteiger partial charge on any atom is 0.416 e. The molecule has 96 valence electrons. The molecule has 1 nitrogen and oxygen atoms in total. The molecule has 0 aliphatic carbocycles. The molecule has 0 spiro atoms. The minimum absolute atomic E-state index is 0.271. The summed E-state index contributed by atoms with van der Waals surface area (Å²) < 4.78 is 37.2. The molecule has 1 aromatic carbocycles. The Bertz CT molecular complexity index is 324. The van der Waals surface area contributed by atoms with Crippen molar-refractivity contribution in [3.63, 3.8) is 0 Å². The van der Waals surface area contributed by atoms with Crippen molar-refractivity contribution in [2.24, 2.45) is 5.73 Å². The van der Waals surface area contributed by atoms with Gasteiger partial charge in [0.25, 0.3) is 0 Å². The van der Waals surface area contributed by atoms with Gasteiger partial charge >= 0.3 is 6.18 Å². The number of nitrogens with two attached hydrogens (primary N) is 1. The summed E-state index contributed by atoms with van der Waals surface area (Å²) in [7, 11) is 0. The van der Waals surface area contributed by atoms with Gasteiger partial charge in [-0.1, -0.05) is 25.5 Å². The Labute approximate surface area is 99.8 Å². The van der Waals surface area contributed by atoms with Crippen molar-refractivity contribution in [1.82, 2.24) is 0 Å². The predicted molar refractivity (Wildman–Crippen MR) is 62.8 cm³/mol. The lowest BCUT2D eigenvalue weighted by atomic mass is 9.91. The Morgan fingerprint density at radius 3 is 2.12 bits per heavy atom. The Balaban J connectivity index is 2.84. The standard InChI is InChI=1S/C13H18F3N/c1-2-3-10(8-9-17)11-4-6-12(7-5-11)13(14,15)16/h4-7,10H,2-3,8-9,17H2,1H3. The molecule has 1 atom stereocenters. The molecule has 0 heterocycles. The summed E-state index contributed by atoms with van der Waals surface area (Å²) in [6.07, 6.45) is -1.47. The molecule has 0 aromatic heterocycles. The van der Waals surface area contributed by atoms with Crippen LogP contribution in [0.1, 0.15) is 43.2 Å². The zero-order chi connectivity index (χ0) is 12.9. The van der Waals surface area contributed by atoms with Crippen molar-refractivity contribution in [2.45, 2.75) is 38.3 Å². The first kappa shape index (κ1) is 14.0. The molecule has 0 bridgehead atoms. The monoisotopic (exact) mass is 245 g/mol. The molecule has 0 fully saturated rings. The minimum Gasteiger partial charge on any atom is -0.330 e. The Hall–Kier alpha value is -1.03. The molecular weight excluding hydrogens is 227 g/mol. The van der Waals surface area contributed by atoms with Gasteiger partial charge in [0, 0.05) is 0 Å². The van der Waals surface area contributed by atoms with Crippen LogP contribution in [0.3, 0.4) is 0 Å². The van der Waals surface area contributed by atoms with Crippen molar-refractivity contribution < 1.29 is 13.2 Å². The third-order valence-electron chi connectivity index (χ3n) is 2.86. The molecule has 0 aliphatic heterocycles. The number of hydrogen-bond acceptors (Lipinski definition) is 1. The van der Waals surface area contributed by atoms with Crippen molar-refractivity contribution in [2.75, 3.05) is 6.54 Å². The van der Waals surface area contributed by atoms with E-state index < -0.39 is 11.7 Å². The van der Waals surface area contributed by atoms with Crippen molar-refractivity contribution in [3.05, 3.63) is 35.4 Å². The number of alkyl halides is 3. The second-order valence-electron chi connectivity index (χ2n) is 4.18. The molecule has 1 unspecified atom stereocenters. The van der Waals surface area contributed by atoms with Gasteiger partial charge in [-0.3, -0.25) is 0 Å². The fourth-order valence-corrected chi connectivity index (χ4v) is 1.97. The summed E-state index contributed by atoms with van der Waals surface area (Å²) in [5.74, 6) is 0.271. The Kier molecular flexibility index (Phi) is 5.00. The van der Waals surface area contributed by atoms with Crippen LogP contribution in [0.4, 0.5) is 13.2 Å². The number of rotatable bonds is 5. The normalized spacial score (nSPS) is 13.7. The van der Waals surface area contributed by atoms with Crippen LogP contribution >= 0.6 is 0 Å². The molecule has 0 aliphatic rings. The van der Waals surface area contributed by atoms with Crippen molar-refractivity contribution in [1.29, 1.82) is 0 Å². The maximum atomic E-state index is 12.4. The third kappa shape index (κ3) is 4.04. The third-order valence-corrected chi connectivity index (χ3v) is 2.86. The van der Waals surface area contributed by atoms with Gasteiger partial charge in [-0.15, -0.1) is 0 Å². The Morgan fingerprint density at radius 1 is 1.12 bits per heavy atom. The van der Waals surface area contributed by atoms with E-state index >= 15 is 0 Å². The van der Waals surface area contributed by atoms with Crippen LogP contribution in [0.5, 0.6) is 0 Å². The van der Waals surface area contributed by atoms with Crippen LogP contribution in [0.15, 0.2) is 24.3 Å². The Morgan fingerprint density at radius 2 is 1.71 bits per heavy atom. The summed E-state index contributed by atoms with van der Waals surface area (Å²) in [4.78, 5) is 0. The van der Waals surface area contributed by atoms with Crippen LogP contribution in [0.2, 0.25) is 0 Å². The predicted octanol–water partition coefficient (Wildman–Crippen LogP) is 3.94. The minimum atomic E-state index is -4.26. The first-order valence-electron chi connectivity index (χ1n) is 5.86. The zero-order valence-electron chi connectivity index (χ0n) is 9.93. The summed E-state index contributed by atoms with van der Waals surface area (Å²) in [5, 5.41) is 0.